The number of carboxylic acids is 1. The summed E-state index contributed by atoms with van der Waals surface area (Å²) < 4.78 is 1.50. The fourth-order valence-corrected chi connectivity index (χ4v) is 2.52. The van der Waals surface area contributed by atoms with Crippen LogP contribution >= 0.6 is 50.1 Å². The molecule has 0 spiro atoms. The third-order valence-corrected chi connectivity index (χ3v) is 4.71. The standard InChI is InChI=1S/C14H8BrClINO3/c15-8-2-3-9(14(20)21)12(6-8)18-13(19)7-1-4-11(17)10(16)5-7/h1-6H,(H,18,19)(H,20,21). The molecule has 2 rings (SSSR count). The van der Waals surface area contributed by atoms with Crippen molar-refractivity contribution in [1.29, 1.82) is 0 Å². The second-order valence-corrected chi connectivity index (χ2v) is 6.56. The van der Waals surface area contributed by atoms with Crippen molar-refractivity contribution in [3.05, 3.63) is 60.6 Å². The predicted octanol–water partition coefficient (Wildman–Crippen LogP) is 4.66. The average Bonchev–Trinajstić information content (AvgIpc) is 2.41. The Morgan fingerprint density at radius 2 is 1.90 bits per heavy atom. The number of aromatic carboxylic acids is 1. The second kappa shape index (κ2) is 6.76. The van der Waals surface area contributed by atoms with Crippen molar-refractivity contribution >= 4 is 67.7 Å². The van der Waals surface area contributed by atoms with Gasteiger partial charge in [-0.05, 0) is 59.0 Å². The van der Waals surface area contributed by atoms with E-state index in [0.29, 0.717) is 15.1 Å². The summed E-state index contributed by atoms with van der Waals surface area (Å²) in [5.41, 5.74) is 0.594. The topological polar surface area (TPSA) is 66.4 Å². The molecule has 0 aromatic heterocycles. The van der Waals surface area contributed by atoms with Gasteiger partial charge in [0, 0.05) is 13.6 Å². The van der Waals surface area contributed by atoms with Crippen LogP contribution in [-0.4, -0.2) is 17.0 Å². The monoisotopic (exact) mass is 479 g/mol. The molecule has 0 aliphatic heterocycles. The molecule has 2 aromatic carbocycles. The molecule has 0 fully saturated rings. The number of anilines is 1. The van der Waals surface area contributed by atoms with E-state index in [1.165, 1.54) is 18.2 Å². The van der Waals surface area contributed by atoms with Crippen LogP contribution in [0.25, 0.3) is 0 Å². The summed E-state index contributed by atoms with van der Waals surface area (Å²) in [6.45, 7) is 0. The number of carbonyl (C=O) groups excluding carboxylic acids is 1. The largest absolute Gasteiger partial charge is 0.478 e. The van der Waals surface area contributed by atoms with E-state index >= 15 is 0 Å². The molecule has 1 amide bonds. The van der Waals surface area contributed by atoms with Gasteiger partial charge in [-0.2, -0.15) is 0 Å². The summed E-state index contributed by atoms with van der Waals surface area (Å²) in [7, 11) is 0. The van der Waals surface area contributed by atoms with Crippen LogP contribution in [0.1, 0.15) is 20.7 Å². The van der Waals surface area contributed by atoms with Gasteiger partial charge >= 0.3 is 5.97 Å². The first-order valence-corrected chi connectivity index (χ1v) is 7.92. The molecule has 0 heterocycles. The molecule has 0 saturated heterocycles. The molecule has 0 unspecified atom stereocenters. The molecule has 0 aliphatic rings. The minimum atomic E-state index is -1.11. The van der Waals surface area contributed by atoms with Gasteiger partial charge in [-0.15, -0.1) is 0 Å². The van der Waals surface area contributed by atoms with Crippen LogP contribution in [-0.2, 0) is 0 Å². The number of hydrogen-bond donors (Lipinski definition) is 2. The van der Waals surface area contributed by atoms with Gasteiger partial charge in [0.25, 0.3) is 5.91 Å². The van der Waals surface area contributed by atoms with Crippen molar-refractivity contribution in [3.63, 3.8) is 0 Å². The predicted molar refractivity (Wildman–Crippen MR) is 93.2 cm³/mol. The van der Waals surface area contributed by atoms with Crippen molar-refractivity contribution in [2.75, 3.05) is 5.32 Å². The van der Waals surface area contributed by atoms with Crippen molar-refractivity contribution < 1.29 is 14.7 Å². The van der Waals surface area contributed by atoms with Gasteiger partial charge in [-0.25, -0.2) is 4.79 Å². The molecule has 0 aliphatic carbocycles. The summed E-state index contributed by atoms with van der Waals surface area (Å²) in [5.74, 6) is -1.53. The molecule has 0 saturated carbocycles. The summed E-state index contributed by atoms with van der Waals surface area (Å²) in [5, 5.41) is 12.2. The van der Waals surface area contributed by atoms with E-state index in [2.05, 4.69) is 43.8 Å². The second-order valence-electron chi connectivity index (χ2n) is 4.08. The van der Waals surface area contributed by atoms with Gasteiger partial charge in [0.05, 0.1) is 16.3 Å². The lowest BCUT2D eigenvalue weighted by molar-refractivity contribution is 0.0698. The number of benzene rings is 2. The van der Waals surface area contributed by atoms with Crippen LogP contribution in [0.4, 0.5) is 5.69 Å². The Balaban J connectivity index is 2.33. The Morgan fingerprint density at radius 1 is 1.19 bits per heavy atom. The number of nitrogens with one attached hydrogen (secondary N) is 1. The molecular formula is C14H8BrClINO3. The molecule has 2 aromatic rings. The molecule has 0 bridgehead atoms. The number of rotatable bonds is 3. The van der Waals surface area contributed by atoms with E-state index in [4.69, 9.17) is 16.7 Å². The van der Waals surface area contributed by atoms with Crippen LogP contribution in [0, 0.1) is 3.57 Å². The number of carboxylic acid groups (broad SMARTS) is 1. The lowest BCUT2D eigenvalue weighted by Gasteiger charge is -2.09. The Bertz CT molecular complexity index is 736. The molecular weight excluding hydrogens is 472 g/mol. The van der Waals surface area contributed by atoms with Gasteiger partial charge in [-0.1, -0.05) is 27.5 Å². The van der Waals surface area contributed by atoms with Crippen LogP contribution < -0.4 is 5.32 Å². The molecule has 2 N–H and O–H groups in total. The first kappa shape index (κ1) is 16.3. The SMILES string of the molecule is O=C(Nc1cc(Br)ccc1C(=O)O)c1ccc(I)c(Cl)c1. The highest BCUT2D eigenvalue weighted by molar-refractivity contribution is 14.1. The average molecular weight is 480 g/mol. The molecule has 0 atom stereocenters. The summed E-state index contributed by atoms with van der Waals surface area (Å²) in [6.07, 6.45) is 0. The maximum Gasteiger partial charge on any atom is 0.337 e. The minimum absolute atomic E-state index is 0.0168. The van der Waals surface area contributed by atoms with Crippen molar-refractivity contribution in [2.24, 2.45) is 0 Å². The van der Waals surface area contributed by atoms with Crippen molar-refractivity contribution in [2.45, 2.75) is 0 Å². The van der Waals surface area contributed by atoms with E-state index in [-0.39, 0.29) is 11.3 Å². The van der Waals surface area contributed by atoms with Gasteiger partial charge in [0.1, 0.15) is 0 Å². The van der Waals surface area contributed by atoms with E-state index in [1.807, 2.05) is 0 Å². The lowest BCUT2D eigenvalue weighted by Crippen LogP contribution is -2.15. The van der Waals surface area contributed by atoms with Crippen molar-refractivity contribution in [3.8, 4) is 0 Å². The van der Waals surface area contributed by atoms with Crippen LogP contribution in [0.3, 0.4) is 0 Å². The summed E-state index contributed by atoms with van der Waals surface area (Å²) in [6, 6.07) is 9.44. The zero-order valence-corrected chi connectivity index (χ0v) is 14.9. The molecule has 4 nitrogen and oxygen atoms in total. The smallest absolute Gasteiger partial charge is 0.337 e. The highest BCUT2D eigenvalue weighted by atomic mass is 127. The number of halogens is 3. The van der Waals surface area contributed by atoms with E-state index in [1.54, 1.807) is 18.2 Å². The van der Waals surface area contributed by atoms with E-state index in [9.17, 15) is 9.59 Å². The van der Waals surface area contributed by atoms with Crippen LogP contribution in [0.5, 0.6) is 0 Å². The van der Waals surface area contributed by atoms with Gasteiger partial charge in [0.2, 0.25) is 0 Å². The third kappa shape index (κ3) is 3.96. The number of amides is 1. The Hall–Kier alpha value is -1.12. The zero-order valence-electron chi connectivity index (χ0n) is 10.4. The normalized spacial score (nSPS) is 10.2. The Kier molecular flexibility index (Phi) is 5.23. The van der Waals surface area contributed by atoms with E-state index in [0.717, 1.165) is 3.57 Å². The maximum absolute atomic E-state index is 12.2. The third-order valence-electron chi connectivity index (χ3n) is 2.64. The maximum atomic E-state index is 12.2. The van der Waals surface area contributed by atoms with E-state index < -0.39 is 11.9 Å². The number of carbonyl (C=O) groups is 2. The summed E-state index contributed by atoms with van der Waals surface area (Å²) in [4.78, 5) is 23.3. The summed E-state index contributed by atoms with van der Waals surface area (Å²) >= 11 is 11.3. The molecule has 108 valence electrons. The fourth-order valence-electron chi connectivity index (χ4n) is 1.64. The highest BCUT2D eigenvalue weighted by Gasteiger charge is 2.14. The quantitative estimate of drug-likeness (QED) is 0.629. The Labute approximate surface area is 147 Å². The van der Waals surface area contributed by atoms with Gasteiger partial charge in [-0.3, -0.25) is 4.79 Å². The minimum Gasteiger partial charge on any atom is -0.478 e. The molecule has 21 heavy (non-hydrogen) atoms. The van der Waals surface area contributed by atoms with Crippen LogP contribution in [0.2, 0.25) is 5.02 Å². The lowest BCUT2D eigenvalue weighted by atomic mass is 10.1. The zero-order chi connectivity index (χ0) is 15.6. The molecule has 7 heteroatoms. The van der Waals surface area contributed by atoms with Crippen molar-refractivity contribution in [1.82, 2.24) is 0 Å². The first-order valence-electron chi connectivity index (χ1n) is 5.67. The Morgan fingerprint density at radius 3 is 2.52 bits per heavy atom. The van der Waals surface area contributed by atoms with Gasteiger partial charge in [0.15, 0.2) is 0 Å². The van der Waals surface area contributed by atoms with Crippen LogP contribution in [0.15, 0.2) is 40.9 Å². The number of hydrogen-bond acceptors (Lipinski definition) is 2. The molecule has 0 radical (unpaired) electrons. The fraction of sp³-hybridized carbons (Fsp3) is 0. The highest BCUT2D eigenvalue weighted by Crippen LogP contribution is 2.24. The van der Waals surface area contributed by atoms with Gasteiger partial charge < -0.3 is 10.4 Å². The first-order chi connectivity index (χ1) is 9.88.